The Bertz CT molecular complexity index is 1100. The van der Waals surface area contributed by atoms with Crippen LogP contribution in [0.25, 0.3) is 11.4 Å². The van der Waals surface area contributed by atoms with Gasteiger partial charge in [-0.25, -0.2) is 12.8 Å². The summed E-state index contributed by atoms with van der Waals surface area (Å²) in [6.45, 7) is 3.19. The highest BCUT2D eigenvalue weighted by atomic mass is 32.2. The van der Waals surface area contributed by atoms with Crippen molar-refractivity contribution in [2.75, 3.05) is 31.1 Å². The Hall–Kier alpha value is -2.91. The molecule has 0 N–H and O–H groups in total. The molecule has 3 aromatic rings. The van der Waals surface area contributed by atoms with Gasteiger partial charge in [-0.15, -0.1) is 10.2 Å². The Morgan fingerprint density at radius 1 is 0.931 bits per heavy atom. The van der Waals surface area contributed by atoms with Crippen LogP contribution in [0.1, 0.15) is 5.56 Å². The van der Waals surface area contributed by atoms with Gasteiger partial charge in [0.15, 0.2) is 5.82 Å². The molecule has 1 aliphatic rings. The average Bonchev–Trinajstić information content (AvgIpc) is 2.76. The zero-order valence-corrected chi connectivity index (χ0v) is 16.7. The van der Waals surface area contributed by atoms with Gasteiger partial charge in [0.05, 0.1) is 10.6 Å². The third-order valence-electron chi connectivity index (χ3n) is 4.91. The molecule has 1 aliphatic heterocycles. The molecule has 3 heterocycles. The summed E-state index contributed by atoms with van der Waals surface area (Å²) in [7, 11) is -3.65. The van der Waals surface area contributed by atoms with Gasteiger partial charge in [-0.1, -0.05) is 6.07 Å². The predicted octanol–water partition coefficient (Wildman–Crippen LogP) is 2.50. The number of aromatic nitrogens is 3. The van der Waals surface area contributed by atoms with Gasteiger partial charge in [0.1, 0.15) is 11.5 Å². The number of anilines is 1. The van der Waals surface area contributed by atoms with Gasteiger partial charge >= 0.3 is 0 Å². The summed E-state index contributed by atoms with van der Waals surface area (Å²) < 4.78 is 40.6. The van der Waals surface area contributed by atoms with E-state index >= 15 is 0 Å². The molecule has 0 bridgehead atoms. The van der Waals surface area contributed by atoms with Crippen molar-refractivity contribution in [1.82, 2.24) is 19.5 Å². The fourth-order valence-electron chi connectivity index (χ4n) is 3.23. The zero-order valence-electron chi connectivity index (χ0n) is 15.9. The molecule has 0 aliphatic carbocycles. The highest BCUT2D eigenvalue weighted by Gasteiger charge is 2.29. The molecule has 7 nitrogen and oxygen atoms in total. The summed E-state index contributed by atoms with van der Waals surface area (Å²) in [6.07, 6.45) is 1.70. The molecule has 0 amide bonds. The van der Waals surface area contributed by atoms with Crippen molar-refractivity contribution in [3.05, 3.63) is 66.1 Å². The van der Waals surface area contributed by atoms with Crippen LogP contribution in [0.5, 0.6) is 0 Å². The second-order valence-electron chi connectivity index (χ2n) is 6.79. The standard InChI is InChI=1S/C20H20FN5O2S/c1-15-14-16(5-6-17(15)21)29(27,28)26-12-10-25(11-13-26)20-8-7-19(23-24-20)18-4-2-3-9-22-18/h2-9,14H,10-13H2,1H3. The highest BCUT2D eigenvalue weighted by Crippen LogP contribution is 2.22. The lowest BCUT2D eigenvalue weighted by atomic mass is 10.2. The normalized spacial score (nSPS) is 15.4. The highest BCUT2D eigenvalue weighted by molar-refractivity contribution is 7.89. The number of rotatable bonds is 4. The van der Waals surface area contributed by atoms with Crippen molar-refractivity contribution < 1.29 is 12.8 Å². The molecule has 0 radical (unpaired) electrons. The van der Waals surface area contributed by atoms with E-state index in [1.54, 1.807) is 13.1 Å². The summed E-state index contributed by atoms with van der Waals surface area (Å²) in [5, 5.41) is 8.51. The third-order valence-corrected chi connectivity index (χ3v) is 6.80. The molecule has 150 valence electrons. The van der Waals surface area contributed by atoms with Gasteiger partial charge in [0, 0.05) is 32.4 Å². The lowest BCUT2D eigenvalue weighted by Crippen LogP contribution is -2.49. The van der Waals surface area contributed by atoms with Crippen molar-refractivity contribution in [2.24, 2.45) is 0 Å². The summed E-state index contributed by atoms with van der Waals surface area (Å²) >= 11 is 0. The summed E-state index contributed by atoms with van der Waals surface area (Å²) in [6, 6.07) is 13.2. The minimum atomic E-state index is -3.65. The first-order chi connectivity index (χ1) is 13.9. The minimum absolute atomic E-state index is 0.115. The van der Waals surface area contributed by atoms with Gasteiger partial charge in [0.25, 0.3) is 0 Å². The second kappa shape index (κ2) is 7.84. The first kappa shape index (κ1) is 19.4. The maximum absolute atomic E-state index is 13.5. The smallest absolute Gasteiger partial charge is 0.243 e. The summed E-state index contributed by atoms with van der Waals surface area (Å²) in [4.78, 5) is 6.37. The number of nitrogens with zero attached hydrogens (tertiary/aromatic N) is 5. The van der Waals surface area contributed by atoms with Gasteiger partial charge in [0.2, 0.25) is 10.0 Å². The molecule has 4 rings (SSSR count). The largest absolute Gasteiger partial charge is 0.352 e. The minimum Gasteiger partial charge on any atom is -0.352 e. The monoisotopic (exact) mass is 413 g/mol. The number of hydrogen-bond donors (Lipinski definition) is 0. The van der Waals surface area contributed by atoms with Crippen LogP contribution in [-0.4, -0.2) is 54.1 Å². The SMILES string of the molecule is Cc1cc(S(=O)(=O)N2CCN(c3ccc(-c4ccccn4)nn3)CC2)ccc1F. The number of sulfonamides is 1. The number of pyridine rings is 1. The Labute approximate surface area is 168 Å². The van der Waals surface area contributed by atoms with E-state index in [0.29, 0.717) is 43.3 Å². The number of benzene rings is 1. The quantitative estimate of drug-likeness (QED) is 0.654. The lowest BCUT2D eigenvalue weighted by molar-refractivity contribution is 0.383. The Morgan fingerprint density at radius 3 is 2.34 bits per heavy atom. The van der Waals surface area contributed by atoms with Crippen LogP contribution in [0.4, 0.5) is 10.2 Å². The van der Waals surface area contributed by atoms with Crippen LogP contribution >= 0.6 is 0 Å². The van der Waals surface area contributed by atoms with E-state index in [0.717, 1.165) is 5.69 Å². The van der Waals surface area contributed by atoms with Gasteiger partial charge in [-0.2, -0.15) is 4.31 Å². The Balaban J connectivity index is 1.44. The van der Waals surface area contributed by atoms with Crippen molar-refractivity contribution in [3.8, 4) is 11.4 Å². The maximum atomic E-state index is 13.5. The van der Waals surface area contributed by atoms with Gasteiger partial charge < -0.3 is 4.90 Å². The van der Waals surface area contributed by atoms with E-state index in [2.05, 4.69) is 15.2 Å². The molecule has 1 fully saturated rings. The van der Waals surface area contributed by atoms with E-state index in [1.807, 2.05) is 35.2 Å². The Kier molecular flexibility index (Phi) is 5.25. The predicted molar refractivity (Wildman–Crippen MR) is 107 cm³/mol. The molecule has 29 heavy (non-hydrogen) atoms. The molecule has 0 saturated carbocycles. The lowest BCUT2D eigenvalue weighted by Gasteiger charge is -2.34. The maximum Gasteiger partial charge on any atom is 0.243 e. The van der Waals surface area contributed by atoms with Crippen molar-refractivity contribution >= 4 is 15.8 Å². The first-order valence-electron chi connectivity index (χ1n) is 9.21. The Morgan fingerprint density at radius 2 is 1.72 bits per heavy atom. The molecule has 9 heteroatoms. The second-order valence-corrected chi connectivity index (χ2v) is 8.73. The van der Waals surface area contributed by atoms with E-state index in [9.17, 15) is 12.8 Å². The number of piperazine rings is 1. The molecule has 0 atom stereocenters. The van der Waals surface area contributed by atoms with E-state index < -0.39 is 15.8 Å². The van der Waals surface area contributed by atoms with E-state index in [1.165, 1.54) is 22.5 Å². The molecule has 1 aromatic carbocycles. The van der Waals surface area contributed by atoms with E-state index in [-0.39, 0.29) is 4.90 Å². The van der Waals surface area contributed by atoms with Gasteiger partial charge in [-0.3, -0.25) is 4.98 Å². The van der Waals surface area contributed by atoms with Crippen LogP contribution in [-0.2, 0) is 10.0 Å². The molecule has 2 aromatic heterocycles. The van der Waals surface area contributed by atoms with E-state index in [4.69, 9.17) is 0 Å². The first-order valence-corrected chi connectivity index (χ1v) is 10.7. The van der Waals surface area contributed by atoms with Crippen molar-refractivity contribution in [2.45, 2.75) is 11.8 Å². The fourth-order valence-corrected chi connectivity index (χ4v) is 4.74. The number of halogens is 1. The molecular formula is C20H20FN5O2S. The van der Waals surface area contributed by atoms with Crippen molar-refractivity contribution in [1.29, 1.82) is 0 Å². The molecule has 1 saturated heterocycles. The topological polar surface area (TPSA) is 79.3 Å². The van der Waals surface area contributed by atoms with Crippen LogP contribution in [0.15, 0.2) is 59.6 Å². The molecular weight excluding hydrogens is 393 g/mol. The van der Waals surface area contributed by atoms with Crippen LogP contribution in [0, 0.1) is 12.7 Å². The van der Waals surface area contributed by atoms with Crippen LogP contribution in [0.3, 0.4) is 0 Å². The van der Waals surface area contributed by atoms with Crippen molar-refractivity contribution in [3.63, 3.8) is 0 Å². The number of aryl methyl sites for hydroxylation is 1. The number of hydrogen-bond acceptors (Lipinski definition) is 6. The summed E-state index contributed by atoms with van der Waals surface area (Å²) in [5.41, 5.74) is 1.74. The van der Waals surface area contributed by atoms with Gasteiger partial charge in [-0.05, 0) is 55.0 Å². The fraction of sp³-hybridized carbons (Fsp3) is 0.250. The third kappa shape index (κ3) is 3.96. The molecule has 0 spiro atoms. The zero-order chi connectivity index (χ0) is 20.4. The van der Waals surface area contributed by atoms with Crippen LogP contribution in [0.2, 0.25) is 0 Å². The van der Waals surface area contributed by atoms with Crippen LogP contribution < -0.4 is 4.90 Å². The average molecular weight is 413 g/mol. The summed E-state index contributed by atoms with van der Waals surface area (Å²) in [5.74, 6) is 0.279. The molecule has 0 unspecified atom stereocenters.